The maximum atomic E-state index is 4.41. The van der Waals surface area contributed by atoms with E-state index in [-0.39, 0.29) is 0 Å². The second kappa shape index (κ2) is 4.27. The van der Waals surface area contributed by atoms with E-state index in [1.54, 1.807) is 0 Å². The monoisotopic (exact) mass is 188 g/mol. The number of nitrogens with zero attached hydrogens (tertiary/aromatic N) is 1. The minimum absolute atomic E-state index is 0.556. The van der Waals surface area contributed by atoms with E-state index in [2.05, 4.69) is 47.6 Å². The summed E-state index contributed by atoms with van der Waals surface area (Å²) in [5.41, 5.74) is 1.39. The third kappa shape index (κ3) is 2.13. The van der Waals surface area contributed by atoms with E-state index >= 15 is 0 Å². The molecule has 1 N–H and O–H groups in total. The molecule has 0 saturated heterocycles. The fourth-order valence-corrected chi connectivity index (χ4v) is 1.77. The van der Waals surface area contributed by atoms with Crippen molar-refractivity contribution in [3.63, 3.8) is 0 Å². The summed E-state index contributed by atoms with van der Waals surface area (Å²) in [6.07, 6.45) is 1.03. The highest BCUT2D eigenvalue weighted by Crippen LogP contribution is 2.18. The molecule has 0 amide bonds. The summed E-state index contributed by atoms with van der Waals surface area (Å²) in [4.78, 5) is 4.41. The first-order valence-electron chi connectivity index (χ1n) is 5.18. The second-order valence-corrected chi connectivity index (χ2v) is 3.77. The zero-order valence-corrected chi connectivity index (χ0v) is 8.53. The van der Waals surface area contributed by atoms with E-state index in [1.807, 2.05) is 0 Å². The van der Waals surface area contributed by atoms with E-state index in [9.17, 15) is 0 Å². The molecule has 2 rings (SSSR count). The standard InChI is InChI=1S/C12H16N2/c1-10(9-12-13-7-8-14-12)11-5-3-2-4-6-11/h2-6,10H,7-9H2,1H3,(H,13,14). The van der Waals surface area contributed by atoms with E-state index in [4.69, 9.17) is 0 Å². The van der Waals surface area contributed by atoms with Crippen molar-refractivity contribution in [1.82, 2.24) is 5.32 Å². The van der Waals surface area contributed by atoms with E-state index in [0.717, 1.165) is 19.5 Å². The maximum absolute atomic E-state index is 4.41. The Hall–Kier alpha value is -1.31. The molecule has 14 heavy (non-hydrogen) atoms. The zero-order chi connectivity index (χ0) is 9.80. The number of hydrogen-bond acceptors (Lipinski definition) is 2. The molecule has 2 nitrogen and oxygen atoms in total. The first kappa shape index (κ1) is 9.25. The van der Waals surface area contributed by atoms with E-state index in [0.29, 0.717) is 5.92 Å². The van der Waals surface area contributed by atoms with Gasteiger partial charge >= 0.3 is 0 Å². The number of aliphatic imine (C=N–C) groups is 1. The first-order valence-corrected chi connectivity index (χ1v) is 5.18. The van der Waals surface area contributed by atoms with Gasteiger partial charge in [-0.3, -0.25) is 4.99 Å². The molecule has 1 aromatic rings. The van der Waals surface area contributed by atoms with Gasteiger partial charge in [-0.05, 0) is 11.5 Å². The van der Waals surface area contributed by atoms with Crippen LogP contribution in [0.3, 0.4) is 0 Å². The van der Waals surface area contributed by atoms with Crippen molar-refractivity contribution in [1.29, 1.82) is 0 Å². The smallest absolute Gasteiger partial charge is 0.0970 e. The summed E-state index contributed by atoms with van der Waals surface area (Å²) in [5.74, 6) is 1.72. The Labute approximate surface area is 85.1 Å². The van der Waals surface area contributed by atoms with Crippen molar-refractivity contribution in [2.24, 2.45) is 4.99 Å². The minimum Gasteiger partial charge on any atom is -0.372 e. The Morgan fingerprint density at radius 3 is 2.79 bits per heavy atom. The molecule has 0 aliphatic carbocycles. The highest BCUT2D eigenvalue weighted by Gasteiger charge is 2.11. The van der Waals surface area contributed by atoms with E-state index in [1.165, 1.54) is 11.4 Å². The number of hydrogen-bond donors (Lipinski definition) is 1. The van der Waals surface area contributed by atoms with E-state index < -0.39 is 0 Å². The number of benzene rings is 1. The minimum atomic E-state index is 0.556. The third-order valence-corrected chi connectivity index (χ3v) is 2.61. The highest BCUT2D eigenvalue weighted by molar-refractivity contribution is 5.84. The number of amidine groups is 1. The van der Waals surface area contributed by atoms with Gasteiger partial charge in [-0.25, -0.2) is 0 Å². The molecule has 1 heterocycles. The Kier molecular flexibility index (Phi) is 2.82. The molecule has 1 aliphatic heterocycles. The van der Waals surface area contributed by atoms with Gasteiger partial charge < -0.3 is 5.32 Å². The van der Waals surface area contributed by atoms with Crippen molar-refractivity contribution < 1.29 is 0 Å². The van der Waals surface area contributed by atoms with Crippen molar-refractivity contribution in [3.05, 3.63) is 35.9 Å². The summed E-state index contributed by atoms with van der Waals surface area (Å²) < 4.78 is 0. The van der Waals surface area contributed by atoms with Crippen LogP contribution < -0.4 is 5.32 Å². The van der Waals surface area contributed by atoms with Crippen molar-refractivity contribution in [3.8, 4) is 0 Å². The molecule has 0 radical (unpaired) electrons. The summed E-state index contributed by atoms with van der Waals surface area (Å²) in [7, 11) is 0. The van der Waals surface area contributed by atoms with Crippen LogP contribution in [0.15, 0.2) is 35.3 Å². The summed E-state index contributed by atoms with van der Waals surface area (Å²) in [6, 6.07) is 10.6. The fourth-order valence-electron chi connectivity index (χ4n) is 1.77. The highest BCUT2D eigenvalue weighted by atomic mass is 15.1. The van der Waals surface area contributed by atoms with Gasteiger partial charge in [0.1, 0.15) is 0 Å². The summed E-state index contributed by atoms with van der Waals surface area (Å²) in [5, 5.41) is 3.31. The van der Waals surface area contributed by atoms with Gasteiger partial charge in [-0.2, -0.15) is 0 Å². The molecule has 74 valence electrons. The molecule has 1 aliphatic rings. The molecule has 1 aromatic carbocycles. The molecule has 0 saturated carbocycles. The van der Waals surface area contributed by atoms with Crippen LogP contribution >= 0.6 is 0 Å². The molecular weight excluding hydrogens is 172 g/mol. The lowest BCUT2D eigenvalue weighted by molar-refractivity contribution is 0.789. The van der Waals surface area contributed by atoms with Crippen LogP contribution in [-0.4, -0.2) is 18.9 Å². The normalized spacial score (nSPS) is 17.4. The van der Waals surface area contributed by atoms with Gasteiger partial charge in [0, 0.05) is 13.0 Å². The van der Waals surface area contributed by atoms with Gasteiger partial charge in [0.2, 0.25) is 0 Å². The quantitative estimate of drug-likeness (QED) is 0.772. The van der Waals surface area contributed by atoms with Gasteiger partial charge in [-0.1, -0.05) is 37.3 Å². The second-order valence-electron chi connectivity index (χ2n) is 3.77. The lowest BCUT2D eigenvalue weighted by atomic mass is 9.97. The largest absolute Gasteiger partial charge is 0.372 e. The van der Waals surface area contributed by atoms with Crippen molar-refractivity contribution >= 4 is 5.84 Å². The van der Waals surface area contributed by atoms with Crippen molar-refractivity contribution in [2.75, 3.05) is 13.1 Å². The molecular formula is C12H16N2. The molecule has 1 atom stereocenters. The SMILES string of the molecule is CC(CC1=NCCN1)c1ccccc1. The molecule has 0 spiro atoms. The van der Waals surface area contributed by atoms with Crippen LogP contribution in [0.4, 0.5) is 0 Å². The molecule has 0 aromatic heterocycles. The van der Waals surface area contributed by atoms with Crippen LogP contribution in [0.2, 0.25) is 0 Å². The summed E-state index contributed by atoms with van der Waals surface area (Å²) in [6.45, 7) is 4.20. The molecule has 1 unspecified atom stereocenters. The van der Waals surface area contributed by atoms with Gasteiger partial charge in [0.15, 0.2) is 0 Å². The predicted molar refractivity (Wildman–Crippen MR) is 59.8 cm³/mol. The van der Waals surface area contributed by atoms with Crippen LogP contribution in [-0.2, 0) is 0 Å². The van der Waals surface area contributed by atoms with Crippen molar-refractivity contribution in [2.45, 2.75) is 19.3 Å². The summed E-state index contributed by atoms with van der Waals surface area (Å²) >= 11 is 0. The zero-order valence-electron chi connectivity index (χ0n) is 8.53. The lowest BCUT2D eigenvalue weighted by Crippen LogP contribution is -2.20. The van der Waals surface area contributed by atoms with Crippen LogP contribution in [0.5, 0.6) is 0 Å². The first-order chi connectivity index (χ1) is 6.86. The maximum Gasteiger partial charge on any atom is 0.0970 e. The predicted octanol–water partition coefficient (Wildman–Crippen LogP) is 2.18. The number of rotatable bonds is 3. The Morgan fingerprint density at radius 1 is 1.36 bits per heavy atom. The fraction of sp³-hybridized carbons (Fsp3) is 0.417. The van der Waals surface area contributed by atoms with Crippen LogP contribution in [0, 0.1) is 0 Å². The van der Waals surface area contributed by atoms with Gasteiger partial charge in [-0.15, -0.1) is 0 Å². The lowest BCUT2D eigenvalue weighted by Gasteiger charge is -2.11. The molecule has 0 fully saturated rings. The average molecular weight is 188 g/mol. The van der Waals surface area contributed by atoms with Crippen LogP contribution in [0.1, 0.15) is 24.8 Å². The average Bonchev–Trinajstić information content (AvgIpc) is 2.72. The number of nitrogens with one attached hydrogen (secondary N) is 1. The van der Waals surface area contributed by atoms with Crippen LogP contribution in [0.25, 0.3) is 0 Å². The Morgan fingerprint density at radius 2 is 2.14 bits per heavy atom. The third-order valence-electron chi connectivity index (χ3n) is 2.61. The molecule has 2 heteroatoms. The van der Waals surface area contributed by atoms with Gasteiger partial charge in [0.25, 0.3) is 0 Å². The van der Waals surface area contributed by atoms with Gasteiger partial charge in [0.05, 0.1) is 12.4 Å². The topological polar surface area (TPSA) is 24.4 Å². The molecule has 0 bridgehead atoms. The Balaban J connectivity index is 1.99. The Bertz CT molecular complexity index is 316.